The van der Waals surface area contributed by atoms with Crippen molar-refractivity contribution in [2.45, 2.75) is 62.8 Å². The molecule has 0 spiro atoms. The van der Waals surface area contributed by atoms with E-state index in [0.717, 1.165) is 0 Å². The minimum atomic E-state index is -1.63. The molecule has 18 heavy (non-hydrogen) atoms. The summed E-state index contributed by atoms with van der Waals surface area (Å²) in [6, 6.07) is 0. The van der Waals surface area contributed by atoms with Crippen LogP contribution >= 0.6 is 0 Å². The molecule has 0 N–H and O–H groups in total. The van der Waals surface area contributed by atoms with Crippen LogP contribution in [0, 0.1) is 0 Å². The predicted octanol–water partition coefficient (Wildman–Crippen LogP) is 3.87. The lowest BCUT2D eigenvalue weighted by Gasteiger charge is -2.60. The van der Waals surface area contributed by atoms with Gasteiger partial charge >= 0.3 is 9.28 Å². The zero-order chi connectivity index (χ0) is 15.0. The average molecular weight is 323 g/mol. The molecule has 0 rings (SSSR count). The van der Waals surface area contributed by atoms with Gasteiger partial charge in [-0.25, -0.2) is 0 Å². The highest BCUT2D eigenvalue weighted by molar-refractivity contribution is 7.24. The van der Waals surface area contributed by atoms with E-state index < -0.39 is 33.5 Å². The fourth-order valence-electron chi connectivity index (χ4n) is 4.89. The summed E-state index contributed by atoms with van der Waals surface area (Å²) in [7, 11) is -2.02. The molecule has 0 aliphatic rings. The fourth-order valence-corrected chi connectivity index (χ4v) is 43.4. The third-order valence-electron chi connectivity index (χ3n) is 4.33. The van der Waals surface area contributed by atoms with Gasteiger partial charge in [-0.15, -0.1) is 0 Å². The molecule has 0 saturated heterocycles. The molecule has 0 saturated carbocycles. The Morgan fingerprint density at radius 3 is 0.889 bits per heavy atom. The molecule has 110 valence electrons. The van der Waals surface area contributed by atoms with Crippen LogP contribution in [-0.2, 0) is 8.85 Å². The van der Waals surface area contributed by atoms with Gasteiger partial charge in [0.15, 0.2) is 0 Å². The van der Waals surface area contributed by atoms with E-state index in [1.807, 2.05) is 14.2 Å². The lowest BCUT2D eigenvalue weighted by atomic mass is 11.6. The van der Waals surface area contributed by atoms with Crippen molar-refractivity contribution in [1.82, 2.24) is 0 Å². The van der Waals surface area contributed by atoms with Gasteiger partial charge in [-0.1, -0.05) is 58.9 Å². The largest absolute Gasteiger partial charge is 0.400 e. The van der Waals surface area contributed by atoms with Gasteiger partial charge in [0, 0.05) is 38.4 Å². The summed E-state index contributed by atoms with van der Waals surface area (Å²) >= 11 is 0. The van der Waals surface area contributed by atoms with Gasteiger partial charge in [-0.3, -0.25) is 0 Å². The first-order chi connectivity index (χ1) is 7.77. The van der Waals surface area contributed by atoms with Gasteiger partial charge < -0.3 is 8.85 Å². The third-order valence-corrected chi connectivity index (χ3v) is 36.4. The van der Waals surface area contributed by atoms with Crippen molar-refractivity contribution in [2.75, 3.05) is 14.2 Å². The van der Waals surface area contributed by atoms with Gasteiger partial charge in [0.2, 0.25) is 0 Å². The van der Waals surface area contributed by atoms with Gasteiger partial charge in [-0.05, 0) is 3.91 Å². The Balaban J connectivity index is 6.25. The second-order valence-corrected chi connectivity index (χ2v) is 29.9. The van der Waals surface area contributed by atoms with Crippen LogP contribution in [0.15, 0.2) is 0 Å². The number of hydrogen-bond acceptors (Lipinski definition) is 2. The second-order valence-electron chi connectivity index (χ2n) is 8.36. The monoisotopic (exact) mass is 322 g/mol. The molecule has 2 nitrogen and oxygen atoms in total. The van der Waals surface area contributed by atoms with E-state index >= 15 is 0 Å². The summed E-state index contributed by atoms with van der Waals surface area (Å²) in [6.45, 7) is 22.8. The summed E-state index contributed by atoms with van der Waals surface area (Å²) in [6.07, 6.45) is 0. The molecule has 0 aromatic carbocycles. The Bertz CT molecular complexity index is 233. The van der Waals surface area contributed by atoms with E-state index in [-0.39, 0.29) is 0 Å². The van der Waals surface area contributed by atoms with Gasteiger partial charge in [-0.2, -0.15) is 0 Å². The maximum absolute atomic E-state index is 5.97. The predicted molar refractivity (Wildman–Crippen MR) is 93.9 cm³/mol. The average Bonchev–Trinajstić information content (AvgIpc) is 2.06. The zero-order valence-electron chi connectivity index (χ0n) is 14.4. The lowest BCUT2D eigenvalue weighted by Crippen LogP contribution is -2.73. The Labute approximate surface area is 119 Å². The van der Waals surface area contributed by atoms with Crippen molar-refractivity contribution in [3.05, 3.63) is 0 Å². The Morgan fingerprint density at radius 2 is 0.833 bits per heavy atom. The zero-order valence-corrected chi connectivity index (χ0v) is 18.5. The molecule has 0 aliphatic carbocycles. The van der Waals surface area contributed by atoms with E-state index in [4.69, 9.17) is 8.85 Å². The summed E-state index contributed by atoms with van der Waals surface area (Å²) in [5, 5.41) is 0. The molecule has 0 fully saturated rings. The lowest BCUT2D eigenvalue weighted by molar-refractivity contribution is 0.274. The molecule has 0 heterocycles. The first-order valence-electron chi connectivity index (χ1n) is 6.83. The molecule has 0 aliphatic heterocycles. The van der Waals surface area contributed by atoms with Crippen LogP contribution < -0.4 is 0 Å². The van der Waals surface area contributed by atoms with E-state index in [2.05, 4.69) is 58.9 Å². The summed E-state index contributed by atoms with van der Waals surface area (Å²) in [5.41, 5.74) is 0. The van der Waals surface area contributed by atoms with Gasteiger partial charge in [0.1, 0.15) is 0 Å². The minimum absolute atomic E-state index is 0.441. The second kappa shape index (κ2) is 5.65. The van der Waals surface area contributed by atoms with Gasteiger partial charge in [0.25, 0.3) is 0 Å². The highest BCUT2D eigenvalue weighted by atomic mass is 28.5. The number of rotatable bonds is 6. The molecule has 0 atom stereocenters. The maximum Gasteiger partial charge on any atom is 0.319 e. The van der Waals surface area contributed by atoms with Crippen molar-refractivity contribution in [3.8, 4) is 0 Å². The van der Waals surface area contributed by atoms with Crippen LogP contribution in [-0.4, -0.2) is 47.7 Å². The summed E-state index contributed by atoms with van der Waals surface area (Å²) in [4.78, 5) is 0. The van der Waals surface area contributed by atoms with E-state index in [0.29, 0.717) is 3.91 Å². The van der Waals surface area contributed by atoms with E-state index in [1.54, 1.807) is 0 Å². The molecule has 0 radical (unpaired) electrons. The Morgan fingerprint density at radius 1 is 0.611 bits per heavy atom. The van der Waals surface area contributed by atoms with E-state index in [1.165, 1.54) is 0 Å². The standard InChI is InChI=1S/C12H34O2Si4/c1-13-15(14-2)12(16(3,4)5,17(6,7)8)18(9,10)11/h15H,1-11H3. The van der Waals surface area contributed by atoms with Gasteiger partial charge in [0.05, 0.1) is 0 Å². The molecule has 0 aromatic heterocycles. The Hall–Kier alpha value is 0.788. The van der Waals surface area contributed by atoms with E-state index in [9.17, 15) is 0 Å². The summed E-state index contributed by atoms with van der Waals surface area (Å²) in [5.74, 6) is 0. The van der Waals surface area contributed by atoms with Crippen molar-refractivity contribution in [1.29, 1.82) is 0 Å². The first kappa shape index (κ1) is 18.8. The molecule has 0 aromatic rings. The molecule has 6 heteroatoms. The fraction of sp³-hybridized carbons (Fsp3) is 1.00. The smallest absolute Gasteiger partial charge is 0.319 e. The van der Waals surface area contributed by atoms with Crippen molar-refractivity contribution in [3.63, 3.8) is 0 Å². The quantitative estimate of drug-likeness (QED) is 0.691. The SMILES string of the molecule is CO[SiH](OC)C([Si](C)(C)C)([Si](C)(C)C)[Si](C)(C)C. The van der Waals surface area contributed by atoms with Crippen LogP contribution in [0.2, 0.25) is 62.8 Å². The van der Waals surface area contributed by atoms with Crippen molar-refractivity contribution in [2.24, 2.45) is 0 Å². The minimum Gasteiger partial charge on any atom is -0.400 e. The maximum atomic E-state index is 5.97. The molecule has 0 unspecified atom stereocenters. The van der Waals surface area contributed by atoms with Crippen molar-refractivity contribution < 1.29 is 8.85 Å². The van der Waals surface area contributed by atoms with Crippen LogP contribution in [0.25, 0.3) is 0 Å². The van der Waals surface area contributed by atoms with Crippen LogP contribution in [0.4, 0.5) is 0 Å². The highest BCUT2D eigenvalue weighted by Gasteiger charge is 2.65. The number of hydrogen-bond donors (Lipinski definition) is 0. The van der Waals surface area contributed by atoms with Crippen LogP contribution in [0.5, 0.6) is 0 Å². The highest BCUT2D eigenvalue weighted by Crippen LogP contribution is 2.55. The molecule has 0 bridgehead atoms. The summed E-state index contributed by atoms with van der Waals surface area (Å²) < 4.78 is 12.4. The molecular weight excluding hydrogens is 288 g/mol. The molecule has 0 amide bonds. The van der Waals surface area contributed by atoms with Crippen molar-refractivity contribution >= 4 is 33.5 Å². The molecular formula is C12H34O2Si4. The third kappa shape index (κ3) is 2.93. The first-order valence-corrected chi connectivity index (χ1v) is 18.8. The topological polar surface area (TPSA) is 18.5 Å². The Kier molecular flexibility index (Phi) is 5.90. The normalized spacial score (nSPS) is 15.3. The van der Waals surface area contributed by atoms with Crippen LogP contribution in [0.1, 0.15) is 0 Å². The van der Waals surface area contributed by atoms with Crippen LogP contribution in [0.3, 0.4) is 0 Å².